The fourth-order valence-corrected chi connectivity index (χ4v) is 4.75. The average molecular weight is 484 g/mol. The number of carbonyl (C=O) groups is 1. The number of anilines is 1. The zero-order valence-corrected chi connectivity index (χ0v) is 20.3. The van der Waals surface area contributed by atoms with Gasteiger partial charge in [0, 0.05) is 18.7 Å². The van der Waals surface area contributed by atoms with Crippen LogP contribution < -0.4 is 9.64 Å². The minimum Gasteiger partial charge on any atom is -0.497 e. The molecule has 0 bridgehead atoms. The summed E-state index contributed by atoms with van der Waals surface area (Å²) in [5, 5.41) is 0.593. The van der Waals surface area contributed by atoms with Crippen LogP contribution in [0.4, 0.5) is 5.13 Å². The quantitative estimate of drug-likeness (QED) is 0.485. The number of fused-ring (bicyclic) bond motifs is 1. The van der Waals surface area contributed by atoms with E-state index < -0.39 is 9.84 Å². The van der Waals surface area contributed by atoms with Crippen LogP contribution in [0.5, 0.6) is 5.75 Å². The molecule has 2 aromatic carbocycles. The first-order valence-corrected chi connectivity index (χ1v) is 12.0. The first-order chi connectivity index (χ1) is 14.2. The highest BCUT2D eigenvalue weighted by Crippen LogP contribution is 2.32. The number of amides is 1. The van der Waals surface area contributed by atoms with Gasteiger partial charge in [0.25, 0.3) is 5.91 Å². The smallest absolute Gasteiger partial charge is 0.260 e. The highest BCUT2D eigenvalue weighted by Gasteiger charge is 2.22. The zero-order chi connectivity index (χ0) is 21.9. The second kappa shape index (κ2) is 10.4. The van der Waals surface area contributed by atoms with E-state index in [0.29, 0.717) is 23.8 Å². The fraction of sp³-hybridized carbons (Fsp3) is 0.333. The molecule has 1 heterocycles. The number of thiazole rings is 1. The Balaban J connectivity index is 0.00000341. The number of hydrogen-bond acceptors (Lipinski definition) is 7. The first kappa shape index (κ1) is 25.1. The van der Waals surface area contributed by atoms with Crippen molar-refractivity contribution < 1.29 is 17.9 Å². The van der Waals surface area contributed by atoms with Crippen LogP contribution in [0.1, 0.15) is 17.3 Å². The lowest BCUT2D eigenvalue weighted by molar-refractivity contribution is 0.0985. The Hall–Kier alpha value is -2.20. The summed E-state index contributed by atoms with van der Waals surface area (Å²) in [7, 11) is 2.18. The van der Waals surface area contributed by atoms with Gasteiger partial charge in [-0.2, -0.15) is 0 Å². The van der Waals surface area contributed by atoms with Crippen LogP contribution in [0.15, 0.2) is 47.4 Å². The summed E-state index contributed by atoms with van der Waals surface area (Å²) < 4.78 is 30.3. The monoisotopic (exact) mass is 483 g/mol. The van der Waals surface area contributed by atoms with Gasteiger partial charge in [0.05, 0.1) is 28.0 Å². The van der Waals surface area contributed by atoms with Crippen molar-refractivity contribution in [1.29, 1.82) is 0 Å². The molecule has 7 nitrogen and oxygen atoms in total. The van der Waals surface area contributed by atoms with Gasteiger partial charge in [-0.3, -0.25) is 9.69 Å². The highest BCUT2D eigenvalue weighted by atomic mass is 35.5. The van der Waals surface area contributed by atoms with Crippen LogP contribution in [-0.2, 0) is 9.84 Å². The molecule has 0 atom stereocenters. The summed E-state index contributed by atoms with van der Waals surface area (Å²) in [4.78, 5) is 21.8. The standard InChI is InChI=1S/C21H25N3O4S2.ClH/c1-5-30(26,27)17-9-6-15(7-10-17)20(25)24(13-12-23(2)3)21-22-18-11-8-16(28-4)14-19(18)29-21;/h6-11,14H,5,12-13H2,1-4H3;1H. The number of carbonyl (C=O) groups excluding carboxylic acids is 1. The van der Waals surface area contributed by atoms with Gasteiger partial charge in [-0.05, 0) is 56.6 Å². The number of nitrogens with zero attached hydrogens (tertiary/aromatic N) is 3. The minimum atomic E-state index is -3.31. The van der Waals surface area contributed by atoms with Crippen molar-refractivity contribution in [1.82, 2.24) is 9.88 Å². The first-order valence-electron chi connectivity index (χ1n) is 9.49. The molecule has 0 unspecified atom stereocenters. The summed E-state index contributed by atoms with van der Waals surface area (Å²) >= 11 is 1.42. The molecule has 0 aliphatic heterocycles. The molecule has 0 N–H and O–H groups in total. The SMILES string of the molecule is CCS(=O)(=O)c1ccc(C(=O)N(CCN(C)C)c2nc3ccc(OC)cc3s2)cc1.Cl. The minimum absolute atomic E-state index is 0. The van der Waals surface area contributed by atoms with Crippen LogP contribution in [0.25, 0.3) is 10.2 Å². The number of sulfone groups is 1. The highest BCUT2D eigenvalue weighted by molar-refractivity contribution is 7.91. The van der Waals surface area contributed by atoms with Gasteiger partial charge < -0.3 is 9.64 Å². The molecule has 3 aromatic rings. The van der Waals surface area contributed by atoms with Crippen molar-refractivity contribution >= 4 is 54.8 Å². The zero-order valence-electron chi connectivity index (χ0n) is 17.9. The molecule has 0 aliphatic rings. The molecule has 0 fully saturated rings. The van der Waals surface area contributed by atoms with Crippen molar-refractivity contribution in [3.8, 4) is 5.75 Å². The van der Waals surface area contributed by atoms with E-state index in [4.69, 9.17) is 4.74 Å². The fourth-order valence-electron chi connectivity index (χ4n) is 2.85. The lowest BCUT2D eigenvalue weighted by atomic mass is 10.2. The number of ether oxygens (including phenoxy) is 1. The van der Waals surface area contributed by atoms with E-state index in [1.807, 2.05) is 37.2 Å². The van der Waals surface area contributed by atoms with Gasteiger partial charge in [-0.15, -0.1) is 12.4 Å². The molecule has 3 rings (SSSR count). The van der Waals surface area contributed by atoms with Gasteiger partial charge in [0.15, 0.2) is 15.0 Å². The number of benzene rings is 2. The summed E-state index contributed by atoms with van der Waals surface area (Å²) in [6, 6.07) is 11.7. The average Bonchev–Trinajstić information content (AvgIpc) is 3.16. The predicted molar refractivity (Wildman–Crippen MR) is 128 cm³/mol. The molecule has 0 aliphatic carbocycles. The molecular weight excluding hydrogens is 458 g/mol. The number of aromatic nitrogens is 1. The molecule has 0 spiro atoms. The molecule has 31 heavy (non-hydrogen) atoms. The lowest BCUT2D eigenvalue weighted by Crippen LogP contribution is -2.36. The van der Waals surface area contributed by atoms with Gasteiger partial charge in [0.2, 0.25) is 0 Å². The van der Waals surface area contributed by atoms with Gasteiger partial charge in [-0.25, -0.2) is 13.4 Å². The van der Waals surface area contributed by atoms with Crippen LogP contribution >= 0.6 is 23.7 Å². The number of rotatable bonds is 8. The normalized spacial score (nSPS) is 11.4. The van der Waals surface area contributed by atoms with Crippen molar-refractivity contribution in [2.24, 2.45) is 0 Å². The van der Waals surface area contributed by atoms with Crippen LogP contribution in [0, 0.1) is 0 Å². The summed E-state index contributed by atoms with van der Waals surface area (Å²) in [5.41, 5.74) is 1.21. The Kier molecular flexibility index (Phi) is 8.41. The third kappa shape index (κ3) is 5.74. The molecule has 1 amide bonds. The Labute approximate surface area is 193 Å². The molecule has 1 aromatic heterocycles. The third-order valence-electron chi connectivity index (χ3n) is 4.67. The van der Waals surface area contributed by atoms with Crippen molar-refractivity contribution in [3.63, 3.8) is 0 Å². The maximum atomic E-state index is 13.3. The van der Waals surface area contributed by atoms with Gasteiger partial charge >= 0.3 is 0 Å². The number of hydrogen-bond donors (Lipinski definition) is 0. The topological polar surface area (TPSA) is 79.8 Å². The molecule has 10 heteroatoms. The van der Waals surface area contributed by atoms with Crippen molar-refractivity contribution in [2.45, 2.75) is 11.8 Å². The van der Waals surface area contributed by atoms with Crippen LogP contribution in [0.2, 0.25) is 0 Å². The summed E-state index contributed by atoms with van der Waals surface area (Å²) in [6.07, 6.45) is 0. The number of methoxy groups -OCH3 is 1. The molecular formula is C21H26ClN3O4S2. The second-order valence-corrected chi connectivity index (χ2v) is 10.3. The maximum absolute atomic E-state index is 13.3. The summed E-state index contributed by atoms with van der Waals surface area (Å²) in [5.74, 6) is 0.532. The van der Waals surface area contributed by atoms with E-state index >= 15 is 0 Å². The van der Waals surface area contributed by atoms with Gasteiger partial charge in [-0.1, -0.05) is 18.3 Å². The predicted octanol–water partition coefficient (Wildman–Crippen LogP) is 3.73. The second-order valence-electron chi connectivity index (χ2n) is 7.02. The van der Waals surface area contributed by atoms with E-state index in [0.717, 1.165) is 16.0 Å². The maximum Gasteiger partial charge on any atom is 0.260 e. The van der Waals surface area contributed by atoms with Crippen LogP contribution in [0.3, 0.4) is 0 Å². The van der Waals surface area contributed by atoms with E-state index in [9.17, 15) is 13.2 Å². The van der Waals surface area contributed by atoms with Crippen molar-refractivity contribution in [3.05, 3.63) is 48.0 Å². The van der Waals surface area contributed by atoms with Gasteiger partial charge in [0.1, 0.15) is 5.75 Å². The Bertz CT molecular complexity index is 1150. The van der Waals surface area contributed by atoms with Crippen molar-refractivity contribution in [2.75, 3.05) is 44.9 Å². The Morgan fingerprint density at radius 2 is 1.77 bits per heavy atom. The molecule has 0 saturated carbocycles. The number of halogens is 1. The van der Waals surface area contributed by atoms with E-state index in [1.54, 1.807) is 31.1 Å². The largest absolute Gasteiger partial charge is 0.497 e. The summed E-state index contributed by atoms with van der Waals surface area (Å²) in [6.45, 7) is 2.71. The Morgan fingerprint density at radius 1 is 1.10 bits per heavy atom. The van der Waals surface area contributed by atoms with E-state index in [2.05, 4.69) is 4.98 Å². The number of likely N-dealkylation sites (N-methyl/N-ethyl adjacent to an activating group) is 1. The van der Waals surface area contributed by atoms with E-state index in [-0.39, 0.29) is 29.0 Å². The lowest BCUT2D eigenvalue weighted by Gasteiger charge is -2.22. The third-order valence-corrected chi connectivity index (χ3v) is 7.46. The Morgan fingerprint density at radius 3 is 2.35 bits per heavy atom. The van der Waals surface area contributed by atoms with Crippen LogP contribution in [-0.4, -0.2) is 64.3 Å². The molecule has 168 valence electrons. The molecule has 0 radical (unpaired) electrons. The molecule has 0 saturated heterocycles. The van der Waals surface area contributed by atoms with E-state index in [1.165, 1.54) is 23.5 Å².